The number of nitrogens with one attached hydrogen (secondary N) is 1. The summed E-state index contributed by atoms with van der Waals surface area (Å²) in [7, 11) is 0. The average molecular weight is 367 g/mol. The molecule has 1 aliphatic rings. The number of amides is 1. The highest BCUT2D eigenvalue weighted by Crippen LogP contribution is 2.43. The van der Waals surface area contributed by atoms with E-state index in [-0.39, 0.29) is 17.7 Å². The molecule has 1 saturated heterocycles. The van der Waals surface area contributed by atoms with Gasteiger partial charge in [0, 0.05) is 24.1 Å². The van der Waals surface area contributed by atoms with Gasteiger partial charge in [0.25, 0.3) is 5.69 Å². The van der Waals surface area contributed by atoms with E-state index in [4.69, 9.17) is 0 Å². The normalized spacial score (nSPS) is 18.7. The quantitative estimate of drug-likeness (QED) is 0.660. The van der Waals surface area contributed by atoms with Gasteiger partial charge in [-0.05, 0) is 42.3 Å². The zero-order valence-electron chi connectivity index (χ0n) is 14.0. The Kier molecular flexibility index (Phi) is 4.14. The number of hydrazine groups is 1. The molecule has 1 atom stereocenters. The zero-order chi connectivity index (χ0) is 19.3. The second kappa shape index (κ2) is 5.94. The number of nitro groups is 1. The summed E-state index contributed by atoms with van der Waals surface area (Å²) in [4.78, 5) is 22.0. The number of hydrogen-bond acceptors (Lipinski definition) is 4. The van der Waals surface area contributed by atoms with Crippen molar-refractivity contribution in [2.45, 2.75) is 38.0 Å². The van der Waals surface area contributed by atoms with E-state index in [1.165, 1.54) is 36.4 Å². The fourth-order valence-corrected chi connectivity index (χ4v) is 3.24. The van der Waals surface area contributed by atoms with Gasteiger partial charge in [-0.15, -0.1) is 0 Å². The molecule has 1 heterocycles. The van der Waals surface area contributed by atoms with E-state index in [2.05, 4.69) is 5.43 Å². The van der Waals surface area contributed by atoms with Crippen LogP contribution in [0.1, 0.15) is 31.9 Å². The Hall–Kier alpha value is -2.68. The summed E-state index contributed by atoms with van der Waals surface area (Å²) in [6.45, 7) is 3.10. The van der Waals surface area contributed by atoms with Crippen molar-refractivity contribution in [1.29, 1.82) is 0 Å². The van der Waals surface area contributed by atoms with Crippen molar-refractivity contribution in [1.82, 2.24) is 10.4 Å². The lowest BCUT2D eigenvalue weighted by atomic mass is 9.95. The lowest BCUT2D eigenvalue weighted by Gasteiger charge is -2.38. The van der Waals surface area contributed by atoms with E-state index in [1.807, 2.05) is 0 Å². The molecule has 9 heteroatoms. The third-order valence-corrected chi connectivity index (χ3v) is 4.43. The number of benzene rings is 2. The number of non-ortho nitro benzene ring substituents is 1. The number of alkyl halides is 3. The SMILES string of the molecule is CC1(C)CC(=O)NN1[C@@H](c1ccc2ccc([N+](=O)[O-])cc2c1)C(F)(F)F. The summed E-state index contributed by atoms with van der Waals surface area (Å²) >= 11 is 0. The Morgan fingerprint density at radius 2 is 1.85 bits per heavy atom. The van der Waals surface area contributed by atoms with Gasteiger partial charge in [0.15, 0.2) is 6.04 Å². The Bertz CT molecular complexity index is 896. The van der Waals surface area contributed by atoms with Crippen molar-refractivity contribution in [2.24, 2.45) is 0 Å². The van der Waals surface area contributed by atoms with E-state index in [0.29, 0.717) is 10.8 Å². The fourth-order valence-electron chi connectivity index (χ4n) is 3.24. The predicted octanol–water partition coefficient (Wildman–Crippen LogP) is 3.87. The molecule has 0 radical (unpaired) electrons. The van der Waals surface area contributed by atoms with E-state index in [1.54, 1.807) is 13.8 Å². The van der Waals surface area contributed by atoms with Crippen molar-refractivity contribution in [3.63, 3.8) is 0 Å². The maximum absolute atomic E-state index is 13.8. The smallest absolute Gasteiger partial charge is 0.287 e. The predicted molar refractivity (Wildman–Crippen MR) is 88.1 cm³/mol. The second-order valence-corrected chi connectivity index (χ2v) is 6.89. The van der Waals surface area contributed by atoms with Crippen molar-refractivity contribution >= 4 is 22.4 Å². The fraction of sp³-hybridized carbons (Fsp3) is 0.353. The van der Waals surface area contributed by atoms with Crippen molar-refractivity contribution in [3.8, 4) is 0 Å². The number of carbonyl (C=O) groups is 1. The molecule has 0 aromatic heterocycles. The van der Waals surface area contributed by atoms with Gasteiger partial charge in [0.2, 0.25) is 5.91 Å². The Morgan fingerprint density at radius 3 is 2.38 bits per heavy atom. The molecule has 0 aliphatic carbocycles. The van der Waals surface area contributed by atoms with Gasteiger partial charge in [-0.1, -0.05) is 12.1 Å². The summed E-state index contributed by atoms with van der Waals surface area (Å²) in [6, 6.07) is 6.05. The maximum atomic E-state index is 13.8. The minimum atomic E-state index is -4.65. The topological polar surface area (TPSA) is 75.5 Å². The van der Waals surface area contributed by atoms with Crippen LogP contribution in [0.15, 0.2) is 36.4 Å². The van der Waals surface area contributed by atoms with Crippen LogP contribution in [0.2, 0.25) is 0 Å². The molecule has 1 fully saturated rings. The van der Waals surface area contributed by atoms with Crippen molar-refractivity contribution in [2.75, 3.05) is 0 Å². The summed E-state index contributed by atoms with van der Waals surface area (Å²) in [5.41, 5.74) is 0.963. The van der Waals surface area contributed by atoms with Gasteiger partial charge in [0.1, 0.15) is 0 Å². The highest BCUT2D eigenvalue weighted by atomic mass is 19.4. The van der Waals surface area contributed by atoms with Crippen LogP contribution in [0.5, 0.6) is 0 Å². The third-order valence-electron chi connectivity index (χ3n) is 4.43. The molecule has 6 nitrogen and oxygen atoms in total. The molecule has 0 unspecified atom stereocenters. The summed E-state index contributed by atoms with van der Waals surface area (Å²) in [5.74, 6) is -0.485. The standard InChI is InChI=1S/C17H16F3N3O3/c1-16(2)9-14(24)21-22(16)15(17(18,19)20)11-4-3-10-5-6-13(23(25)26)8-12(10)7-11/h3-8,15H,9H2,1-2H3,(H,21,24)/t15-/m0/s1. The first-order chi connectivity index (χ1) is 12.0. The van der Waals surface area contributed by atoms with Gasteiger partial charge < -0.3 is 0 Å². The highest BCUT2D eigenvalue weighted by molar-refractivity contribution is 5.85. The monoisotopic (exact) mass is 367 g/mol. The highest BCUT2D eigenvalue weighted by Gasteiger charge is 2.52. The first-order valence-electron chi connectivity index (χ1n) is 7.83. The molecule has 26 heavy (non-hydrogen) atoms. The van der Waals surface area contributed by atoms with E-state index in [0.717, 1.165) is 5.01 Å². The first-order valence-corrected chi connectivity index (χ1v) is 7.83. The third kappa shape index (κ3) is 3.22. The molecule has 2 aromatic rings. The van der Waals surface area contributed by atoms with E-state index >= 15 is 0 Å². The lowest BCUT2D eigenvalue weighted by molar-refractivity contribution is -0.384. The van der Waals surface area contributed by atoms with Crippen LogP contribution in [0.4, 0.5) is 18.9 Å². The molecule has 3 rings (SSSR count). The molecule has 1 N–H and O–H groups in total. The number of nitrogens with zero attached hydrogens (tertiary/aromatic N) is 2. The van der Waals surface area contributed by atoms with Gasteiger partial charge in [-0.3, -0.25) is 20.3 Å². The number of nitro benzene ring substituents is 1. The van der Waals surface area contributed by atoms with Crippen LogP contribution in [-0.4, -0.2) is 27.6 Å². The molecule has 1 aliphatic heterocycles. The van der Waals surface area contributed by atoms with Gasteiger partial charge in [-0.25, -0.2) is 0 Å². The molecule has 0 bridgehead atoms. The number of rotatable bonds is 3. The summed E-state index contributed by atoms with van der Waals surface area (Å²) in [5, 5.41) is 12.7. The van der Waals surface area contributed by atoms with E-state index in [9.17, 15) is 28.1 Å². The molecular weight excluding hydrogens is 351 g/mol. The molecule has 0 saturated carbocycles. The summed E-state index contributed by atoms with van der Waals surface area (Å²) in [6.07, 6.45) is -4.71. The second-order valence-electron chi connectivity index (χ2n) is 6.89. The van der Waals surface area contributed by atoms with Crippen LogP contribution in [-0.2, 0) is 4.79 Å². The number of hydrogen-bond donors (Lipinski definition) is 1. The van der Waals surface area contributed by atoms with Gasteiger partial charge >= 0.3 is 6.18 Å². The first kappa shape index (κ1) is 18.1. The van der Waals surface area contributed by atoms with Crippen LogP contribution in [0.25, 0.3) is 10.8 Å². The Labute approximate surface area is 146 Å². The number of carbonyl (C=O) groups excluding carboxylic acids is 1. The van der Waals surface area contributed by atoms with Gasteiger partial charge in [0.05, 0.1) is 4.92 Å². The molecule has 138 valence electrons. The average Bonchev–Trinajstić information content (AvgIpc) is 2.77. The van der Waals surface area contributed by atoms with Crippen molar-refractivity contribution in [3.05, 3.63) is 52.1 Å². The van der Waals surface area contributed by atoms with Crippen LogP contribution < -0.4 is 5.43 Å². The minimum absolute atomic E-state index is 0.0569. The zero-order valence-corrected chi connectivity index (χ0v) is 14.0. The molecule has 0 spiro atoms. The Balaban J connectivity index is 2.12. The van der Waals surface area contributed by atoms with Crippen molar-refractivity contribution < 1.29 is 22.9 Å². The molecular formula is C17H16F3N3O3. The van der Waals surface area contributed by atoms with Crippen LogP contribution >= 0.6 is 0 Å². The van der Waals surface area contributed by atoms with Gasteiger partial charge in [-0.2, -0.15) is 18.2 Å². The lowest BCUT2D eigenvalue weighted by Crippen LogP contribution is -2.51. The van der Waals surface area contributed by atoms with Crippen LogP contribution in [0.3, 0.4) is 0 Å². The largest absolute Gasteiger partial charge is 0.409 e. The minimum Gasteiger partial charge on any atom is -0.287 e. The Morgan fingerprint density at radius 1 is 1.19 bits per heavy atom. The molecule has 2 aromatic carbocycles. The number of fused-ring (bicyclic) bond motifs is 1. The maximum Gasteiger partial charge on any atom is 0.409 e. The van der Waals surface area contributed by atoms with E-state index < -0.39 is 28.6 Å². The number of halogens is 3. The summed E-state index contributed by atoms with van der Waals surface area (Å²) < 4.78 is 41.5. The van der Waals surface area contributed by atoms with Crippen LogP contribution in [0, 0.1) is 10.1 Å². The molecule has 1 amide bonds.